The Bertz CT molecular complexity index is 1040. The summed E-state index contributed by atoms with van der Waals surface area (Å²) in [6, 6.07) is 18.3. The number of aryl methyl sites for hydroxylation is 2. The molecule has 0 bridgehead atoms. The van der Waals surface area contributed by atoms with Gasteiger partial charge in [-0.3, -0.25) is 9.78 Å². The molecule has 0 aliphatic heterocycles. The zero-order valence-corrected chi connectivity index (χ0v) is 18.2. The number of anilines is 2. The molecule has 4 nitrogen and oxygen atoms in total. The standard InChI is InChI=1S/C24H24ClN3O.ClH/c25-18-6-2-5-17(14-18)22-15-23(20-7-3-8-21(20)28-22)27-19-12-10-16(11-13-19)4-1-9-24(26)29;/h2,5-6,10-15H,1,3-4,7-9H2,(H2,26,29)(H,27,28);1H. The molecule has 6 heteroatoms. The van der Waals surface area contributed by atoms with Crippen LogP contribution in [-0.4, -0.2) is 10.9 Å². The lowest BCUT2D eigenvalue weighted by molar-refractivity contribution is -0.118. The molecular formula is C24H25Cl2N3O. The zero-order chi connectivity index (χ0) is 20.2. The van der Waals surface area contributed by atoms with Crippen LogP contribution in [0.4, 0.5) is 11.4 Å². The van der Waals surface area contributed by atoms with Crippen molar-refractivity contribution in [2.45, 2.75) is 38.5 Å². The van der Waals surface area contributed by atoms with E-state index in [2.05, 4.69) is 35.6 Å². The maximum Gasteiger partial charge on any atom is 0.217 e. The van der Waals surface area contributed by atoms with Crippen molar-refractivity contribution in [3.05, 3.63) is 76.4 Å². The first-order valence-electron chi connectivity index (χ1n) is 10.0. The summed E-state index contributed by atoms with van der Waals surface area (Å²) in [4.78, 5) is 15.8. The highest BCUT2D eigenvalue weighted by atomic mass is 35.5. The van der Waals surface area contributed by atoms with Crippen molar-refractivity contribution in [2.24, 2.45) is 5.73 Å². The third-order valence-electron chi connectivity index (χ3n) is 5.29. The number of benzene rings is 2. The normalized spacial score (nSPS) is 12.2. The average molecular weight is 442 g/mol. The molecular weight excluding hydrogens is 417 g/mol. The predicted molar refractivity (Wildman–Crippen MR) is 126 cm³/mol. The first-order chi connectivity index (χ1) is 14.1. The molecule has 3 aromatic rings. The molecule has 0 saturated heterocycles. The molecule has 1 heterocycles. The number of aromatic nitrogens is 1. The molecule has 0 spiro atoms. The molecule has 4 rings (SSSR count). The van der Waals surface area contributed by atoms with Gasteiger partial charge in [-0.05, 0) is 73.6 Å². The van der Waals surface area contributed by atoms with Gasteiger partial charge in [0.15, 0.2) is 0 Å². The van der Waals surface area contributed by atoms with Gasteiger partial charge in [0.25, 0.3) is 0 Å². The molecule has 1 aromatic heterocycles. The van der Waals surface area contributed by atoms with Gasteiger partial charge in [-0.15, -0.1) is 12.4 Å². The van der Waals surface area contributed by atoms with Crippen LogP contribution in [0.5, 0.6) is 0 Å². The van der Waals surface area contributed by atoms with Crippen LogP contribution in [0.2, 0.25) is 5.02 Å². The van der Waals surface area contributed by atoms with Gasteiger partial charge in [-0.25, -0.2) is 0 Å². The molecule has 30 heavy (non-hydrogen) atoms. The number of carbonyl (C=O) groups is 1. The van der Waals surface area contributed by atoms with Crippen LogP contribution < -0.4 is 11.1 Å². The van der Waals surface area contributed by atoms with Gasteiger partial charge in [0.1, 0.15) is 0 Å². The van der Waals surface area contributed by atoms with Gasteiger partial charge in [0.05, 0.1) is 5.69 Å². The number of halogens is 2. The lowest BCUT2D eigenvalue weighted by Gasteiger charge is -2.14. The van der Waals surface area contributed by atoms with Crippen molar-refractivity contribution in [1.29, 1.82) is 0 Å². The summed E-state index contributed by atoms with van der Waals surface area (Å²) in [6.07, 6.45) is 5.25. The largest absolute Gasteiger partial charge is 0.370 e. The number of nitrogens with two attached hydrogens (primary N) is 1. The molecule has 0 unspecified atom stereocenters. The Morgan fingerprint density at radius 1 is 1.10 bits per heavy atom. The van der Waals surface area contributed by atoms with E-state index >= 15 is 0 Å². The number of hydrogen-bond donors (Lipinski definition) is 2. The first kappa shape index (κ1) is 22.1. The SMILES string of the molecule is Cl.NC(=O)CCCc1ccc(Nc2cc(-c3cccc(Cl)c3)nc3c2CCC3)cc1. The Kier molecular flexibility index (Phi) is 7.35. The van der Waals surface area contributed by atoms with Gasteiger partial charge in [-0.1, -0.05) is 35.9 Å². The Morgan fingerprint density at radius 2 is 1.90 bits per heavy atom. The van der Waals surface area contributed by atoms with Crippen molar-refractivity contribution in [3.63, 3.8) is 0 Å². The number of carbonyl (C=O) groups excluding carboxylic acids is 1. The van der Waals surface area contributed by atoms with E-state index in [-0.39, 0.29) is 18.3 Å². The fourth-order valence-electron chi connectivity index (χ4n) is 3.83. The molecule has 0 fully saturated rings. The Balaban J connectivity index is 0.00000256. The summed E-state index contributed by atoms with van der Waals surface area (Å²) in [5.74, 6) is -0.245. The number of rotatable bonds is 7. The molecule has 0 atom stereocenters. The summed E-state index contributed by atoms with van der Waals surface area (Å²) in [7, 11) is 0. The number of pyridine rings is 1. The molecule has 2 aromatic carbocycles. The highest BCUT2D eigenvalue weighted by Gasteiger charge is 2.19. The molecule has 1 aliphatic carbocycles. The minimum absolute atomic E-state index is 0. The van der Waals surface area contributed by atoms with Crippen LogP contribution in [0.3, 0.4) is 0 Å². The average Bonchev–Trinajstić information content (AvgIpc) is 3.18. The van der Waals surface area contributed by atoms with Crippen LogP contribution in [0.15, 0.2) is 54.6 Å². The Hall–Kier alpha value is -2.56. The highest BCUT2D eigenvalue weighted by molar-refractivity contribution is 6.30. The lowest BCUT2D eigenvalue weighted by atomic mass is 10.1. The number of fused-ring (bicyclic) bond motifs is 1. The number of primary amides is 1. The molecule has 0 saturated carbocycles. The van der Waals surface area contributed by atoms with E-state index in [9.17, 15) is 4.79 Å². The number of amides is 1. The van der Waals surface area contributed by atoms with Crippen molar-refractivity contribution in [1.82, 2.24) is 4.98 Å². The van der Waals surface area contributed by atoms with Crippen LogP contribution >= 0.6 is 24.0 Å². The lowest BCUT2D eigenvalue weighted by Crippen LogP contribution is -2.10. The first-order valence-corrected chi connectivity index (χ1v) is 10.4. The Labute approximate surface area is 188 Å². The summed E-state index contributed by atoms with van der Waals surface area (Å²) in [5.41, 5.74) is 13.0. The molecule has 1 amide bonds. The van der Waals surface area contributed by atoms with E-state index < -0.39 is 0 Å². The van der Waals surface area contributed by atoms with Gasteiger partial charge in [0, 0.05) is 34.1 Å². The van der Waals surface area contributed by atoms with E-state index in [1.54, 1.807) is 0 Å². The second-order valence-electron chi connectivity index (χ2n) is 7.49. The quantitative estimate of drug-likeness (QED) is 0.481. The van der Waals surface area contributed by atoms with Gasteiger partial charge in [-0.2, -0.15) is 0 Å². The van der Waals surface area contributed by atoms with E-state index in [4.69, 9.17) is 22.3 Å². The second-order valence-corrected chi connectivity index (χ2v) is 7.92. The van der Waals surface area contributed by atoms with Crippen molar-refractivity contribution in [2.75, 3.05) is 5.32 Å². The monoisotopic (exact) mass is 441 g/mol. The fourth-order valence-corrected chi connectivity index (χ4v) is 4.02. The third-order valence-corrected chi connectivity index (χ3v) is 5.53. The highest BCUT2D eigenvalue weighted by Crippen LogP contribution is 2.34. The summed E-state index contributed by atoms with van der Waals surface area (Å²) < 4.78 is 0. The van der Waals surface area contributed by atoms with E-state index in [1.165, 1.54) is 16.8 Å². The zero-order valence-electron chi connectivity index (χ0n) is 16.7. The minimum Gasteiger partial charge on any atom is -0.370 e. The maximum atomic E-state index is 10.9. The van der Waals surface area contributed by atoms with Crippen molar-refractivity contribution >= 4 is 41.3 Å². The van der Waals surface area contributed by atoms with E-state index in [0.717, 1.165) is 54.7 Å². The smallest absolute Gasteiger partial charge is 0.217 e. The van der Waals surface area contributed by atoms with Crippen LogP contribution in [0.25, 0.3) is 11.3 Å². The maximum absolute atomic E-state index is 10.9. The Morgan fingerprint density at radius 3 is 2.63 bits per heavy atom. The minimum atomic E-state index is -0.245. The van der Waals surface area contributed by atoms with E-state index in [1.807, 2.05) is 24.3 Å². The van der Waals surface area contributed by atoms with Crippen LogP contribution in [0.1, 0.15) is 36.1 Å². The number of nitrogens with one attached hydrogen (secondary N) is 1. The van der Waals surface area contributed by atoms with Gasteiger partial charge >= 0.3 is 0 Å². The van der Waals surface area contributed by atoms with Crippen LogP contribution in [0, 0.1) is 0 Å². The summed E-state index contributed by atoms with van der Waals surface area (Å²) in [6.45, 7) is 0. The summed E-state index contributed by atoms with van der Waals surface area (Å²) in [5, 5.41) is 4.30. The molecule has 3 N–H and O–H groups in total. The van der Waals surface area contributed by atoms with Crippen LogP contribution in [-0.2, 0) is 24.1 Å². The second kappa shape index (κ2) is 9.96. The van der Waals surface area contributed by atoms with E-state index in [0.29, 0.717) is 11.4 Å². The summed E-state index contributed by atoms with van der Waals surface area (Å²) >= 11 is 6.18. The molecule has 0 radical (unpaired) electrons. The predicted octanol–water partition coefficient (Wildman–Crippen LogP) is 5.86. The van der Waals surface area contributed by atoms with Crippen molar-refractivity contribution in [3.8, 4) is 11.3 Å². The van der Waals surface area contributed by atoms with Gasteiger partial charge < -0.3 is 11.1 Å². The topological polar surface area (TPSA) is 68.0 Å². The molecule has 156 valence electrons. The molecule has 1 aliphatic rings. The van der Waals surface area contributed by atoms with Crippen molar-refractivity contribution < 1.29 is 4.79 Å². The van der Waals surface area contributed by atoms with Gasteiger partial charge in [0.2, 0.25) is 5.91 Å². The number of hydrogen-bond acceptors (Lipinski definition) is 3. The third kappa shape index (κ3) is 5.32. The number of nitrogens with zero attached hydrogens (tertiary/aromatic N) is 1. The fraction of sp³-hybridized carbons (Fsp3) is 0.250.